The van der Waals surface area contributed by atoms with Crippen LogP contribution < -0.4 is 10.2 Å². The predicted octanol–water partition coefficient (Wildman–Crippen LogP) is 4.87. The van der Waals surface area contributed by atoms with Gasteiger partial charge in [-0.25, -0.2) is 9.97 Å². The fraction of sp³-hybridized carbons (Fsp3) is 0.320. The van der Waals surface area contributed by atoms with Crippen molar-refractivity contribution in [1.29, 1.82) is 0 Å². The van der Waals surface area contributed by atoms with Gasteiger partial charge in [0.15, 0.2) is 5.82 Å². The van der Waals surface area contributed by atoms with E-state index in [-0.39, 0.29) is 11.8 Å². The molecule has 2 heterocycles. The maximum absolute atomic E-state index is 12.8. The summed E-state index contributed by atoms with van der Waals surface area (Å²) in [7, 11) is 0. The lowest BCUT2D eigenvalue weighted by Gasteiger charge is -2.33. The Bertz CT molecular complexity index is 998. The van der Waals surface area contributed by atoms with Crippen molar-refractivity contribution < 1.29 is 4.79 Å². The number of nitrogens with zero attached hydrogens (tertiary/aromatic N) is 3. The van der Waals surface area contributed by atoms with Crippen LogP contribution in [0.15, 0.2) is 60.8 Å². The van der Waals surface area contributed by atoms with E-state index in [1.165, 1.54) is 11.1 Å². The van der Waals surface area contributed by atoms with Crippen molar-refractivity contribution in [2.75, 3.05) is 23.3 Å². The summed E-state index contributed by atoms with van der Waals surface area (Å²) in [4.78, 5) is 24.3. The van der Waals surface area contributed by atoms with E-state index in [0.717, 1.165) is 48.7 Å². The van der Waals surface area contributed by atoms with Crippen LogP contribution in [0.1, 0.15) is 30.9 Å². The Morgan fingerprint density at radius 1 is 1.10 bits per heavy atom. The van der Waals surface area contributed by atoms with Gasteiger partial charge in [0.1, 0.15) is 5.82 Å². The number of amides is 1. The van der Waals surface area contributed by atoms with E-state index >= 15 is 0 Å². The molecule has 0 unspecified atom stereocenters. The minimum Gasteiger partial charge on any atom is -0.356 e. The molecular formula is C25H28N4O. The molecule has 1 aromatic heterocycles. The third kappa shape index (κ3) is 4.67. The van der Waals surface area contributed by atoms with Crippen LogP contribution >= 0.6 is 0 Å². The first-order valence-electron chi connectivity index (χ1n) is 10.7. The molecule has 4 rings (SSSR count). The molecule has 0 radical (unpaired) electrons. The molecule has 30 heavy (non-hydrogen) atoms. The van der Waals surface area contributed by atoms with E-state index in [9.17, 15) is 4.79 Å². The summed E-state index contributed by atoms with van der Waals surface area (Å²) in [5, 5.41) is 3.08. The fourth-order valence-corrected chi connectivity index (χ4v) is 3.83. The van der Waals surface area contributed by atoms with Crippen LogP contribution in [0.4, 0.5) is 11.5 Å². The van der Waals surface area contributed by atoms with Crippen molar-refractivity contribution in [2.24, 2.45) is 5.92 Å². The summed E-state index contributed by atoms with van der Waals surface area (Å²) < 4.78 is 0. The number of rotatable bonds is 5. The SMILES string of the molecule is CCc1ccc(NC(=O)[C@H]2CCCN(c3ccnc(-c4ccc(C)cc4)n3)C2)cc1. The number of aryl methyl sites for hydroxylation is 2. The topological polar surface area (TPSA) is 58.1 Å². The van der Waals surface area contributed by atoms with E-state index in [1.807, 2.05) is 30.3 Å². The van der Waals surface area contributed by atoms with Gasteiger partial charge >= 0.3 is 0 Å². The predicted molar refractivity (Wildman–Crippen MR) is 122 cm³/mol. The first-order valence-corrected chi connectivity index (χ1v) is 10.7. The number of carbonyl (C=O) groups is 1. The summed E-state index contributed by atoms with van der Waals surface area (Å²) >= 11 is 0. The van der Waals surface area contributed by atoms with E-state index in [2.05, 4.69) is 53.3 Å². The van der Waals surface area contributed by atoms with Crippen LogP contribution in [0.2, 0.25) is 0 Å². The monoisotopic (exact) mass is 400 g/mol. The lowest BCUT2D eigenvalue weighted by Crippen LogP contribution is -2.41. The van der Waals surface area contributed by atoms with Gasteiger partial charge in [-0.3, -0.25) is 4.79 Å². The summed E-state index contributed by atoms with van der Waals surface area (Å²) in [6.45, 7) is 5.77. The van der Waals surface area contributed by atoms with Gasteiger partial charge in [-0.15, -0.1) is 0 Å². The Kier molecular flexibility index (Phi) is 6.07. The zero-order valence-corrected chi connectivity index (χ0v) is 17.6. The fourth-order valence-electron chi connectivity index (χ4n) is 3.83. The van der Waals surface area contributed by atoms with Gasteiger partial charge in [0.05, 0.1) is 5.92 Å². The Hall–Kier alpha value is -3.21. The second kappa shape index (κ2) is 9.08. The molecule has 0 aliphatic carbocycles. The van der Waals surface area contributed by atoms with Crippen molar-refractivity contribution in [3.8, 4) is 11.4 Å². The maximum Gasteiger partial charge on any atom is 0.229 e. The van der Waals surface area contributed by atoms with Gasteiger partial charge in [0.2, 0.25) is 5.91 Å². The molecule has 3 aromatic rings. The lowest BCUT2D eigenvalue weighted by atomic mass is 9.97. The molecule has 1 aliphatic rings. The molecule has 0 bridgehead atoms. The highest BCUT2D eigenvalue weighted by atomic mass is 16.1. The largest absolute Gasteiger partial charge is 0.356 e. The third-order valence-electron chi connectivity index (χ3n) is 5.70. The lowest BCUT2D eigenvalue weighted by molar-refractivity contribution is -0.120. The standard InChI is InChI=1S/C25H28N4O/c1-3-19-8-12-22(13-9-19)27-25(30)21-5-4-16-29(17-21)23-14-15-26-24(28-23)20-10-6-18(2)7-11-20/h6-15,21H,3-5,16-17H2,1-2H3,(H,27,30)/t21-/m0/s1. The van der Waals surface area contributed by atoms with Crippen LogP contribution in [-0.4, -0.2) is 29.0 Å². The highest BCUT2D eigenvalue weighted by Gasteiger charge is 2.27. The van der Waals surface area contributed by atoms with Crippen molar-refractivity contribution in [3.05, 3.63) is 71.9 Å². The highest BCUT2D eigenvalue weighted by Crippen LogP contribution is 2.25. The first kappa shape index (κ1) is 20.1. The number of anilines is 2. The van der Waals surface area contributed by atoms with E-state index in [0.29, 0.717) is 6.54 Å². The molecule has 0 saturated carbocycles. The van der Waals surface area contributed by atoms with Crippen molar-refractivity contribution in [3.63, 3.8) is 0 Å². The average Bonchev–Trinajstić information content (AvgIpc) is 2.80. The summed E-state index contributed by atoms with van der Waals surface area (Å²) in [5.41, 5.74) is 4.34. The summed E-state index contributed by atoms with van der Waals surface area (Å²) in [6.07, 6.45) is 4.66. The summed E-state index contributed by atoms with van der Waals surface area (Å²) in [6, 6.07) is 18.3. The smallest absolute Gasteiger partial charge is 0.229 e. The number of aromatic nitrogens is 2. The molecule has 1 atom stereocenters. The number of hydrogen-bond donors (Lipinski definition) is 1. The van der Waals surface area contributed by atoms with Crippen LogP contribution in [0.5, 0.6) is 0 Å². The summed E-state index contributed by atoms with van der Waals surface area (Å²) in [5.74, 6) is 1.62. The number of hydrogen-bond acceptors (Lipinski definition) is 4. The quantitative estimate of drug-likeness (QED) is 0.664. The van der Waals surface area contributed by atoms with Gasteiger partial charge in [-0.05, 0) is 49.9 Å². The minimum absolute atomic E-state index is 0.0533. The molecular weight excluding hydrogens is 372 g/mol. The Morgan fingerprint density at radius 2 is 1.87 bits per heavy atom. The molecule has 1 N–H and O–H groups in total. The van der Waals surface area contributed by atoms with Crippen molar-refractivity contribution >= 4 is 17.4 Å². The molecule has 1 aliphatic heterocycles. The van der Waals surface area contributed by atoms with Crippen molar-refractivity contribution in [1.82, 2.24) is 9.97 Å². The van der Waals surface area contributed by atoms with Crippen molar-refractivity contribution in [2.45, 2.75) is 33.1 Å². The van der Waals surface area contributed by atoms with E-state index < -0.39 is 0 Å². The normalized spacial score (nSPS) is 16.3. The second-order valence-corrected chi connectivity index (χ2v) is 7.93. The molecule has 2 aromatic carbocycles. The average molecular weight is 401 g/mol. The number of nitrogens with one attached hydrogen (secondary N) is 1. The zero-order valence-electron chi connectivity index (χ0n) is 17.6. The molecule has 1 saturated heterocycles. The zero-order chi connectivity index (χ0) is 20.9. The Balaban J connectivity index is 1.45. The van der Waals surface area contributed by atoms with Gasteiger partial charge in [-0.2, -0.15) is 0 Å². The molecule has 1 amide bonds. The first-order chi connectivity index (χ1) is 14.6. The van der Waals surface area contributed by atoms with Crippen LogP contribution in [-0.2, 0) is 11.2 Å². The number of carbonyl (C=O) groups excluding carboxylic acids is 1. The number of benzene rings is 2. The van der Waals surface area contributed by atoms with Gasteiger partial charge in [0, 0.05) is 30.5 Å². The third-order valence-corrected chi connectivity index (χ3v) is 5.70. The van der Waals surface area contributed by atoms with Gasteiger partial charge < -0.3 is 10.2 Å². The second-order valence-electron chi connectivity index (χ2n) is 7.93. The number of piperidine rings is 1. The van der Waals surface area contributed by atoms with E-state index in [4.69, 9.17) is 4.98 Å². The highest BCUT2D eigenvalue weighted by molar-refractivity contribution is 5.93. The Labute approximate surface area is 178 Å². The maximum atomic E-state index is 12.8. The van der Waals surface area contributed by atoms with Crippen LogP contribution in [0, 0.1) is 12.8 Å². The molecule has 5 heteroatoms. The van der Waals surface area contributed by atoms with Crippen LogP contribution in [0.25, 0.3) is 11.4 Å². The minimum atomic E-state index is -0.0533. The Morgan fingerprint density at radius 3 is 2.60 bits per heavy atom. The molecule has 5 nitrogen and oxygen atoms in total. The van der Waals surface area contributed by atoms with Gasteiger partial charge in [-0.1, -0.05) is 48.9 Å². The molecule has 154 valence electrons. The van der Waals surface area contributed by atoms with Crippen LogP contribution in [0.3, 0.4) is 0 Å². The molecule has 0 spiro atoms. The van der Waals surface area contributed by atoms with E-state index in [1.54, 1.807) is 6.20 Å². The van der Waals surface area contributed by atoms with Gasteiger partial charge in [0.25, 0.3) is 0 Å². The molecule has 1 fully saturated rings.